The smallest absolute Gasteiger partial charge is 0.325 e. The van der Waals surface area contributed by atoms with Gasteiger partial charge in [-0.2, -0.15) is 0 Å². The summed E-state index contributed by atoms with van der Waals surface area (Å²) in [5.41, 5.74) is 0.810. The molecular formula is C25H24N2O6. The highest BCUT2D eigenvalue weighted by Crippen LogP contribution is 2.28. The molecule has 0 radical (unpaired) electrons. The summed E-state index contributed by atoms with van der Waals surface area (Å²) in [5, 5.41) is 5.11. The van der Waals surface area contributed by atoms with Crippen LogP contribution < -0.4 is 20.1 Å². The van der Waals surface area contributed by atoms with Gasteiger partial charge in [-0.15, -0.1) is 0 Å². The van der Waals surface area contributed by atoms with Crippen molar-refractivity contribution >= 4 is 23.5 Å². The van der Waals surface area contributed by atoms with Gasteiger partial charge in [-0.3, -0.25) is 14.4 Å². The molecular weight excluding hydrogens is 424 g/mol. The Kier molecular flexibility index (Phi) is 8.41. The number of nitrogens with one attached hydrogen (secondary N) is 2. The number of hydrogen-bond acceptors (Lipinski definition) is 6. The van der Waals surface area contributed by atoms with Crippen molar-refractivity contribution in [2.75, 3.05) is 25.1 Å². The maximum Gasteiger partial charge on any atom is 0.325 e. The van der Waals surface area contributed by atoms with Crippen LogP contribution in [0.4, 0.5) is 5.69 Å². The zero-order valence-corrected chi connectivity index (χ0v) is 18.1. The average molecular weight is 448 g/mol. The van der Waals surface area contributed by atoms with Gasteiger partial charge in [0.05, 0.1) is 12.3 Å². The lowest BCUT2D eigenvalue weighted by molar-refractivity contribution is -0.146. The molecule has 3 aromatic carbocycles. The van der Waals surface area contributed by atoms with Crippen LogP contribution in [-0.4, -0.2) is 37.5 Å². The number of para-hydroxylation sites is 3. The fraction of sp³-hybridized carbons (Fsp3) is 0.160. The second-order valence-electron chi connectivity index (χ2n) is 6.76. The lowest BCUT2D eigenvalue weighted by Gasteiger charge is -2.12. The van der Waals surface area contributed by atoms with Gasteiger partial charge in [0.15, 0.2) is 12.4 Å². The quantitative estimate of drug-likeness (QED) is 0.458. The van der Waals surface area contributed by atoms with Crippen molar-refractivity contribution in [3.05, 3.63) is 84.4 Å². The molecule has 2 amide bonds. The summed E-state index contributed by atoms with van der Waals surface area (Å²) in [6.45, 7) is 1.52. The van der Waals surface area contributed by atoms with Gasteiger partial charge in [0.25, 0.3) is 11.8 Å². The maximum atomic E-state index is 12.2. The summed E-state index contributed by atoms with van der Waals surface area (Å²) >= 11 is 0. The van der Waals surface area contributed by atoms with Crippen molar-refractivity contribution in [2.45, 2.75) is 6.92 Å². The molecule has 3 aromatic rings. The van der Waals surface area contributed by atoms with E-state index in [1.165, 1.54) is 0 Å². The minimum absolute atomic E-state index is 0.368. The Hall–Kier alpha value is -4.33. The third-order valence-corrected chi connectivity index (χ3v) is 4.32. The summed E-state index contributed by atoms with van der Waals surface area (Å²) in [7, 11) is 0. The second-order valence-corrected chi connectivity index (χ2v) is 6.76. The van der Waals surface area contributed by atoms with E-state index in [1.807, 2.05) is 25.1 Å². The molecule has 0 bridgehead atoms. The highest BCUT2D eigenvalue weighted by molar-refractivity contribution is 5.97. The Morgan fingerprint density at radius 2 is 1.52 bits per heavy atom. The summed E-state index contributed by atoms with van der Waals surface area (Å²) in [5.74, 6) is 0.00473. The molecule has 170 valence electrons. The van der Waals surface area contributed by atoms with Gasteiger partial charge in [0.1, 0.15) is 18.0 Å². The highest BCUT2D eigenvalue weighted by atomic mass is 16.5. The zero-order chi connectivity index (χ0) is 23.5. The van der Waals surface area contributed by atoms with Crippen LogP contribution in [-0.2, 0) is 14.3 Å². The third-order valence-electron chi connectivity index (χ3n) is 4.32. The van der Waals surface area contributed by atoms with E-state index in [0.717, 1.165) is 0 Å². The summed E-state index contributed by atoms with van der Waals surface area (Å²) in [6.07, 6.45) is 0. The number of carbonyl (C=O) groups excluding carboxylic acids is 3. The van der Waals surface area contributed by atoms with Gasteiger partial charge < -0.3 is 24.8 Å². The number of ether oxygens (including phenoxy) is 3. The Labute approximate surface area is 191 Å². The first-order valence-electron chi connectivity index (χ1n) is 10.3. The van der Waals surface area contributed by atoms with Crippen LogP contribution in [0.1, 0.15) is 17.3 Å². The van der Waals surface area contributed by atoms with Crippen molar-refractivity contribution in [3.8, 4) is 17.2 Å². The van der Waals surface area contributed by atoms with Gasteiger partial charge in [-0.1, -0.05) is 30.3 Å². The van der Waals surface area contributed by atoms with Crippen molar-refractivity contribution in [2.24, 2.45) is 0 Å². The van der Waals surface area contributed by atoms with Crippen LogP contribution in [0.15, 0.2) is 78.9 Å². The molecule has 0 aliphatic rings. The number of anilines is 1. The largest absolute Gasteiger partial charge is 0.494 e. The summed E-state index contributed by atoms with van der Waals surface area (Å²) in [4.78, 5) is 36.3. The monoisotopic (exact) mass is 448 g/mol. The van der Waals surface area contributed by atoms with E-state index in [-0.39, 0.29) is 6.54 Å². The summed E-state index contributed by atoms with van der Waals surface area (Å²) < 4.78 is 16.1. The molecule has 0 aliphatic heterocycles. The Morgan fingerprint density at radius 1 is 0.818 bits per heavy atom. The Bertz CT molecular complexity index is 1080. The third kappa shape index (κ3) is 7.39. The van der Waals surface area contributed by atoms with E-state index in [2.05, 4.69) is 10.6 Å². The molecule has 0 heterocycles. The molecule has 33 heavy (non-hydrogen) atoms. The van der Waals surface area contributed by atoms with Crippen molar-refractivity contribution in [1.29, 1.82) is 0 Å². The van der Waals surface area contributed by atoms with E-state index in [0.29, 0.717) is 35.1 Å². The predicted octanol–water partition coefficient (Wildman–Crippen LogP) is 3.79. The molecule has 0 saturated heterocycles. The molecule has 0 fully saturated rings. The second kappa shape index (κ2) is 11.9. The van der Waals surface area contributed by atoms with E-state index in [4.69, 9.17) is 14.2 Å². The first-order valence-corrected chi connectivity index (χ1v) is 10.3. The van der Waals surface area contributed by atoms with Crippen LogP contribution in [0.25, 0.3) is 0 Å². The predicted molar refractivity (Wildman–Crippen MR) is 122 cm³/mol. The zero-order valence-electron chi connectivity index (χ0n) is 18.1. The molecule has 0 saturated carbocycles. The van der Waals surface area contributed by atoms with Crippen LogP contribution in [0.2, 0.25) is 0 Å². The number of amides is 2. The normalized spacial score (nSPS) is 10.1. The molecule has 8 nitrogen and oxygen atoms in total. The van der Waals surface area contributed by atoms with E-state index < -0.39 is 24.4 Å². The molecule has 0 aromatic heterocycles. The molecule has 0 atom stereocenters. The number of benzene rings is 3. The number of esters is 1. The fourth-order valence-electron chi connectivity index (χ4n) is 2.78. The minimum Gasteiger partial charge on any atom is -0.494 e. The van der Waals surface area contributed by atoms with E-state index >= 15 is 0 Å². The minimum atomic E-state index is -0.738. The topological polar surface area (TPSA) is 103 Å². The SMILES string of the molecule is CCOc1ccc(C(=O)NCC(=O)OCC(=O)Nc2ccccc2Oc2ccccc2)cc1. The van der Waals surface area contributed by atoms with E-state index in [1.54, 1.807) is 60.7 Å². The van der Waals surface area contributed by atoms with Crippen LogP contribution in [0, 0.1) is 0 Å². The Balaban J connectivity index is 1.44. The summed E-state index contributed by atoms with van der Waals surface area (Å²) in [6, 6.07) is 22.6. The van der Waals surface area contributed by atoms with Crippen molar-refractivity contribution < 1.29 is 28.6 Å². The highest BCUT2D eigenvalue weighted by Gasteiger charge is 2.13. The molecule has 2 N–H and O–H groups in total. The van der Waals surface area contributed by atoms with Gasteiger partial charge >= 0.3 is 5.97 Å². The fourth-order valence-corrected chi connectivity index (χ4v) is 2.78. The molecule has 0 unspecified atom stereocenters. The number of rotatable bonds is 10. The average Bonchev–Trinajstić information content (AvgIpc) is 2.84. The maximum absolute atomic E-state index is 12.2. The van der Waals surface area contributed by atoms with Crippen LogP contribution >= 0.6 is 0 Å². The lowest BCUT2D eigenvalue weighted by atomic mass is 10.2. The Morgan fingerprint density at radius 3 is 2.24 bits per heavy atom. The number of carbonyl (C=O) groups is 3. The molecule has 0 aliphatic carbocycles. The van der Waals surface area contributed by atoms with Crippen molar-refractivity contribution in [3.63, 3.8) is 0 Å². The molecule has 0 spiro atoms. The van der Waals surface area contributed by atoms with Gasteiger partial charge in [-0.25, -0.2) is 0 Å². The van der Waals surface area contributed by atoms with Gasteiger partial charge in [0, 0.05) is 5.56 Å². The van der Waals surface area contributed by atoms with Crippen LogP contribution in [0.5, 0.6) is 17.2 Å². The first-order chi connectivity index (χ1) is 16.0. The van der Waals surface area contributed by atoms with Gasteiger partial charge in [-0.05, 0) is 55.5 Å². The van der Waals surface area contributed by atoms with Gasteiger partial charge in [0.2, 0.25) is 0 Å². The molecule has 3 rings (SSSR count). The first kappa shape index (κ1) is 23.3. The van der Waals surface area contributed by atoms with Crippen molar-refractivity contribution in [1.82, 2.24) is 5.32 Å². The number of hydrogen-bond donors (Lipinski definition) is 2. The van der Waals surface area contributed by atoms with E-state index in [9.17, 15) is 14.4 Å². The standard InChI is InChI=1S/C25H24N2O6/c1-2-31-19-14-12-18(13-15-19)25(30)26-16-24(29)32-17-23(28)27-21-10-6-7-11-22(21)33-20-8-4-3-5-9-20/h3-15H,2,16-17H2,1H3,(H,26,30)(H,27,28). The van der Waals surface area contributed by atoms with Crippen LogP contribution in [0.3, 0.4) is 0 Å². The lowest BCUT2D eigenvalue weighted by Crippen LogP contribution is -2.32. The molecule has 8 heteroatoms.